The number of carboxylic acids is 1. The summed E-state index contributed by atoms with van der Waals surface area (Å²) in [5, 5.41) is 48.2. The van der Waals surface area contributed by atoms with Crippen LogP contribution in [0, 0.1) is 11.8 Å². The van der Waals surface area contributed by atoms with E-state index in [1.165, 1.54) is 48.5 Å². The number of carbonyl (C=O) groups is 8. The molecule has 2 aromatic rings. The first-order valence-corrected chi connectivity index (χ1v) is 25.4. The lowest BCUT2D eigenvalue weighted by molar-refractivity contribution is -0.141. The zero-order valence-electron chi connectivity index (χ0n) is 42.7. The van der Waals surface area contributed by atoms with E-state index in [4.69, 9.17) is 28.7 Å². The Kier molecular flexibility index (Phi) is 28.4. The summed E-state index contributed by atoms with van der Waals surface area (Å²) < 4.78 is 0. The number of hydrogen-bond acceptors (Lipinski definition) is 15. The lowest BCUT2D eigenvalue weighted by Gasteiger charge is -2.29. The lowest BCUT2D eigenvalue weighted by Crippen LogP contribution is -2.61. The third kappa shape index (κ3) is 23.0. The number of hydrogen-bond donors (Lipinski definition) is 16. The Balaban J connectivity index is 2.58. The summed E-state index contributed by atoms with van der Waals surface area (Å²) in [4.78, 5) is 114. The normalized spacial score (nSPS) is 14.4. The molecule has 0 aromatic heterocycles. The Morgan fingerprint density at radius 2 is 0.878 bits per heavy atom. The van der Waals surface area contributed by atoms with E-state index in [1.54, 1.807) is 27.7 Å². The van der Waals surface area contributed by atoms with E-state index in [-0.39, 0.29) is 87.3 Å². The molecule has 0 unspecified atom stereocenters. The molecule has 0 aliphatic carbocycles. The van der Waals surface area contributed by atoms with Crippen LogP contribution in [-0.2, 0) is 51.2 Å². The number of carboxylic acid groups (broad SMARTS) is 1. The molecule has 0 spiro atoms. The second kappa shape index (κ2) is 33.2. The molecule has 0 fully saturated rings. The second-order valence-corrected chi connectivity index (χ2v) is 19.0. The van der Waals surface area contributed by atoms with Crippen LogP contribution in [0.25, 0.3) is 0 Å². The standard InChI is InChI=1S/C49H79N13O11S/c1-27(2)39(52)46(70)58-35(12-9-23-55-49(53)54)43(67)62-40(28(3)4)47(71)60-37(25-30-15-19-32(64)20-16-30)45(69)59-36(24-29-13-17-31(63)18-14-29)44(68)57-33(10-5-7-21-50)41(65)56-34(11-6-8-22-51)42(66)61-38(26-74)48(72)73/h13-20,27-28,33-40,63-64,74H,5-12,21-26,50-52H2,1-4H3,(H,56,65)(H,57,68)(H,58,70)(H,59,69)(H,60,71)(H,61,66)(H,62,67)(H,72,73)(H4,53,54,55)/t33-,34-,35-,36-,37-,38-,39-,40-/m0/s1. The molecule has 0 aliphatic rings. The number of guanidine groups is 1. The minimum Gasteiger partial charge on any atom is -0.508 e. The van der Waals surface area contributed by atoms with Crippen molar-refractivity contribution in [1.29, 1.82) is 0 Å². The maximum atomic E-state index is 14.6. The van der Waals surface area contributed by atoms with Gasteiger partial charge in [0.25, 0.3) is 0 Å². The Morgan fingerprint density at radius 1 is 0.514 bits per heavy atom. The molecule has 25 heteroatoms. The van der Waals surface area contributed by atoms with E-state index in [2.05, 4.69) is 54.8 Å². The van der Waals surface area contributed by atoms with E-state index < -0.39 is 102 Å². The average molecular weight is 1060 g/mol. The van der Waals surface area contributed by atoms with Gasteiger partial charge in [-0.05, 0) is 112 Å². The fourth-order valence-corrected chi connectivity index (χ4v) is 7.59. The molecule has 0 saturated carbocycles. The number of benzene rings is 2. The molecule has 8 atom stereocenters. The van der Waals surface area contributed by atoms with Crippen molar-refractivity contribution in [2.24, 2.45) is 45.5 Å². The molecule has 0 saturated heterocycles. The number of unbranched alkanes of at least 4 members (excludes halogenated alkanes) is 2. The summed E-state index contributed by atoms with van der Waals surface area (Å²) in [7, 11) is 0. The molecular weight excluding hydrogens is 979 g/mol. The Bertz CT molecular complexity index is 2160. The first-order valence-electron chi connectivity index (χ1n) is 24.7. The molecule has 7 amide bonds. The molecule has 0 radical (unpaired) electrons. The van der Waals surface area contributed by atoms with Gasteiger partial charge in [0.05, 0.1) is 6.04 Å². The van der Waals surface area contributed by atoms with Crippen molar-refractivity contribution in [2.75, 3.05) is 25.4 Å². The van der Waals surface area contributed by atoms with Crippen molar-refractivity contribution < 1.29 is 53.7 Å². The highest BCUT2D eigenvalue weighted by Crippen LogP contribution is 2.16. The van der Waals surface area contributed by atoms with Crippen molar-refractivity contribution >= 4 is 65.9 Å². The minimum atomic E-state index is -1.45. The number of amides is 7. The number of aliphatic imine (C=N–C) groups is 1. The van der Waals surface area contributed by atoms with Gasteiger partial charge in [-0.15, -0.1) is 0 Å². The van der Waals surface area contributed by atoms with Gasteiger partial charge in [0, 0.05) is 25.1 Å². The van der Waals surface area contributed by atoms with Crippen LogP contribution in [0.4, 0.5) is 0 Å². The maximum absolute atomic E-state index is 14.6. The summed E-state index contributed by atoms with van der Waals surface area (Å²) in [6, 6.07) is 1.40. The summed E-state index contributed by atoms with van der Waals surface area (Å²) in [5.41, 5.74) is 29.4. The third-order valence-electron chi connectivity index (χ3n) is 11.8. The van der Waals surface area contributed by atoms with E-state index >= 15 is 0 Å². The van der Waals surface area contributed by atoms with Gasteiger partial charge in [-0.1, -0.05) is 52.0 Å². The number of carbonyl (C=O) groups excluding carboxylic acids is 7. The first kappa shape index (κ1) is 63.4. The molecule has 74 heavy (non-hydrogen) atoms. The molecule has 24 nitrogen and oxygen atoms in total. The van der Waals surface area contributed by atoms with Crippen LogP contribution in [0.1, 0.15) is 90.2 Å². The number of aliphatic carboxylic acids is 1. The third-order valence-corrected chi connectivity index (χ3v) is 12.2. The molecule has 0 bridgehead atoms. The summed E-state index contributed by atoms with van der Waals surface area (Å²) in [5.74, 6) is -8.17. The van der Waals surface area contributed by atoms with Crippen molar-refractivity contribution in [3.63, 3.8) is 0 Å². The van der Waals surface area contributed by atoms with Crippen LogP contribution >= 0.6 is 12.6 Å². The predicted molar refractivity (Wildman–Crippen MR) is 282 cm³/mol. The second-order valence-electron chi connectivity index (χ2n) is 18.6. The van der Waals surface area contributed by atoms with Crippen molar-refractivity contribution in [3.05, 3.63) is 59.7 Å². The Labute approximate surface area is 437 Å². The largest absolute Gasteiger partial charge is 0.508 e. The molecular formula is C49H79N13O11S. The van der Waals surface area contributed by atoms with Crippen LogP contribution in [0.5, 0.6) is 11.5 Å². The van der Waals surface area contributed by atoms with Crippen LogP contribution < -0.4 is 65.9 Å². The fraction of sp³-hybridized carbons (Fsp3) is 0.571. The van der Waals surface area contributed by atoms with Crippen LogP contribution in [0.3, 0.4) is 0 Å². The summed E-state index contributed by atoms with van der Waals surface area (Å²) >= 11 is 4.01. The number of phenolic OH excluding ortho intramolecular Hbond substituents is 2. The number of aromatic hydroxyl groups is 2. The van der Waals surface area contributed by atoms with Crippen LogP contribution in [0.15, 0.2) is 53.5 Å². The Morgan fingerprint density at radius 3 is 1.26 bits per heavy atom. The van der Waals surface area contributed by atoms with Crippen LogP contribution in [-0.4, -0.2) is 142 Å². The minimum absolute atomic E-state index is 0.0351. The van der Waals surface area contributed by atoms with Crippen molar-refractivity contribution in [1.82, 2.24) is 37.2 Å². The topological polar surface area (TPSA) is 424 Å². The van der Waals surface area contributed by atoms with Crippen molar-refractivity contribution in [3.8, 4) is 11.5 Å². The molecule has 412 valence electrons. The smallest absolute Gasteiger partial charge is 0.327 e. The number of rotatable bonds is 34. The maximum Gasteiger partial charge on any atom is 0.327 e. The van der Waals surface area contributed by atoms with E-state index in [1.807, 2.05) is 0 Å². The quantitative estimate of drug-likeness (QED) is 0.0160. The lowest BCUT2D eigenvalue weighted by atomic mass is 9.99. The van der Waals surface area contributed by atoms with Gasteiger partial charge in [0.15, 0.2) is 5.96 Å². The SMILES string of the molecule is CC(C)[C@H](N)C(=O)N[C@@H](CCCN=C(N)N)C(=O)N[C@H](C(=O)N[C@@H](Cc1ccc(O)cc1)C(=O)N[C@@H](Cc1ccc(O)cc1)C(=O)N[C@@H](CCCCN)C(=O)N[C@@H](CCCCN)C(=O)N[C@@H](CS)C(=O)O)C(C)C. The zero-order chi connectivity index (χ0) is 55.5. The highest BCUT2D eigenvalue weighted by atomic mass is 32.1. The molecule has 0 heterocycles. The number of thiol groups is 1. The Hall–Kier alpha value is -6.70. The van der Waals surface area contributed by atoms with Crippen molar-refractivity contribution in [2.45, 2.75) is 140 Å². The van der Waals surface area contributed by atoms with Gasteiger partial charge in [-0.3, -0.25) is 38.6 Å². The van der Waals surface area contributed by atoms with E-state index in [9.17, 15) is 53.7 Å². The molecule has 2 aromatic carbocycles. The molecule has 0 aliphatic heterocycles. The summed E-state index contributed by atoms with van der Waals surface area (Å²) in [6.07, 6.45) is 1.73. The number of nitrogens with two attached hydrogens (primary N) is 5. The van der Waals surface area contributed by atoms with Gasteiger partial charge in [-0.2, -0.15) is 12.6 Å². The van der Waals surface area contributed by atoms with Gasteiger partial charge in [0.2, 0.25) is 41.4 Å². The van der Waals surface area contributed by atoms with Gasteiger partial charge in [0.1, 0.15) is 53.8 Å². The summed E-state index contributed by atoms with van der Waals surface area (Å²) in [6.45, 7) is 7.47. The number of nitrogens with one attached hydrogen (secondary N) is 7. The molecule has 20 N–H and O–H groups in total. The number of phenols is 2. The molecule has 2 rings (SSSR count). The fourth-order valence-electron chi connectivity index (χ4n) is 7.35. The van der Waals surface area contributed by atoms with Gasteiger partial charge >= 0.3 is 5.97 Å². The zero-order valence-corrected chi connectivity index (χ0v) is 43.6. The first-order chi connectivity index (χ1) is 35.0. The van der Waals surface area contributed by atoms with Crippen LogP contribution in [0.2, 0.25) is 0 Å². The monoisotopic (exact) mass is 1060 g/mol. The highest BCUT2D eigenvalue weighted by molar-refractivity contribution is 7.80. The van der Waals surface area contributed by atoms with E-state index in [0.29, 0.717) is 36.8 Å². The average Bonchev–Trinajstić information content (AvgIpc) is 3.35. The van der Waals surface area contributed by atoms with Gasteiger partial charge < -0.3 is 81.2 Å². The van der Waals surface area contributed by atoms with Gasteiger partial charge in [-0.25, -0.2) is 4.79 Å². The highest BCUT2D eigenvalue weighted by Gasteiger charge is 2.35. The predicted octanol–water partition coefficient (Wildman–Crippen LogP) is -1.76. The number of nitrogens with zero attached hydrogens (tertiary/aromatic N) is 1. The van der Waals surface area contributed by atoms with E-state index in [0.717, 1.165) is 0 Å².